The molecule has 0 bridgehead atoms. The van der Waals surface area contributed by atoms with Gasteiger partial charge >= 0.3 is 0 Å². The van der Waals surface area contributed by atoms with E-state index in [1.165, 1.54) is 38.5 Å². The van der Waals surface area contributed by atoms with Gasteiger partial charge in [-0.1, -0.05) is 46.5 Å². The molecular weight excluding hydrogens is 222 g/mol. The van der Waals surface area contributed by atoms with E-state index in [1.807, 2.05) is 0 Å². The average molecular weight is 253 g/mol. The van der Waals surface area contributed by atoms with Crippen LogP contribution >= 0.6 is 0 Å². The van der Waals surface area contributed by atoms with Crippen LogP contribution in [0.3, 0.4) is 0 Å². The summed E-state index contributed by atoms with van der Waals surface area (Å²) in [5.41, 5.74) is 0.332. The van der Waals surface area contributed by atoms with Crippen LogP contribution in [0.2, 0.25) is 0 Å². The number of hydrogen-bond donors (Lipinski definition) is 1. The molecule has 1 aliphatic carbocycles. The summed E-state index contributed by atoms with van der Waals surface area (Å²) in [6, 6.07) is 1.33. The average Bonchev–Trinajstić information content (AvgIpc) is 2.78. The minimum absolute atomic E-state index is 0.332. The molecule has 0 radical (unpaired) electrons. The largest absolute Gasteiger partial charge is 0.377 e. The Kier molecular flexibility index (Phi) is 4.71. The summed E-state index contributed by atoms with van der Waals surface area (Å²) in [6.45, 7) is 10.3. The van der Waals surface area contributed by atoms with Crippen LogP contribution in [0.25, 0.3) is 0 Å². The van der Waals surface area contributed by atoms with Crippen molar-refractivity contribution in [2.45, 2.75) is 84.4 Å². The highest BCUT2D eigenvalue weighted by Crippen LogP contribution is 2.52. The first-order chi connectivity index (χ1) is 8.57. The van der Waals surface area contributed by atoms with Gasteiger partial charge in [-0.2, -0.15) is 0 Å². The van der Waals surface area contributed by atoms with Crippen LogP contribution in [0.1, 0.15) is 66.2 Å². The Morgan fingerprint density at radius 2 is 2.06 bits per heavy atom. The number of ether oxygens (including phenoxy) is 1. The molecule has 0 aromatic rings. The zero-order valence-electron chi connectivity index (χ0n) is 12.7. The predicted octanol–water partition coefficient (Wildman–Crippen LogP) is 3.75. The van der Waals surface area contributed by atoms with E-state index in [9.17, 15) is 0 Å². The minimum atomic E-state index is 0.332. The van der Waals surface area contributed by atoms with Crippen LogP contribution in [0.4, 0.5) is 0 Å². The lowest BCUT2D eigenvalue weighted by Gasteiger charge is -2.55. The third-order valence-electron chi connectivity index (χ3n) is 5.06. The summed E-state index contributed by atoms with van der Waals surface area (Å²) in [7, 11) is 0. The highest BCUT2D eigenvalue weighted by Gasteiger charge is 2.59. The second-order valence-electron chi connectivity index (χ2n) is 6.96. The first-order valence-electron chi connectivity index (χ1n) is 7.95. The standard InChI is InChI=1S/C16H31NO/c1-5-6-7-8-9-12(2)17-14-13-10-11-18-15(13)16(14,3)4/h12-15,17H,5-11H2,1-4H3. The van der Waals surface area contributed by atoms with Crippen LogP contribution in [0, 0.1) is 11.3 Å². The van der Waals surface area contributed by atoms with E-state index in [0.717, 1.165) is 12.5 Å². The SMILES string of the molecule is CCCCCCC(C)NC1C2CCOC2C1(C)C. The van der Waals surface area contributed by atoms with Crippen molar-refractivity contribution in [3.63, 3.8) is 0 Å². The predicted molar refractivity (Wildman–Crippen MR) is 76.8 cm³/mol. The Morgan fingerprint density at radius 1 is 1.28 bits per heavy atom. The monoisotopic (exact) mass is 253 g/mol. The van der Waals surface area contributed by atoms with Crippen molar-refractivity contribution in [2.24, 2.45) is 11.3 Å². The van der Waals surface area contributed by atoms with E-state index in [0.29, 0.717) is 23.6 Å². The lowest BCUT2D eigenvalue weighted by Crippen LogP contribution is -2.67. The summed E-state index contributed by atoms with van der Waals surface area (Å²) < 4.78 is 5.85. The normalized spacial score (nSPS) is 35.0. The fourth-order valence-corrected chi connectivity index (χ4v) is 3.93. The minimum Gasteiger partial charge on any atom is -0.377 e. The fourth-order valence-electron chi connectivity index (χ4n) is 3.93. The Morgan fingerprint density at radius 3 is 2.78 bits per heavy atom. The Labute approximate surface area is 113 Å². The van der Waals surface area contributed by atoms with Gasteiger partial charge in [-0.3, -0.25) is 0 Å². The topological polar surface area (TPSA) is 21.3 Å². The van der Waals surface area contributed by atoms with E-state index in [4.69, 9.17) is 4.74 Å². The maximum absolute atomic E-state index is 5.85. The molecule has 1 saturated heterocycles. The first kappa shape index (κ1) is 14.3. The molecule has 2 fully saturated rings. The molecule has 0 spiro atoms. The molecule has 1 saturated carbocycles. The first-order valence-corrected chi connectivity index (χ1v) is 7.95. The molecule has 0 aromatic heterocycles. The van der Waals surface area contributed by atoms with E-state index < -0.39 is 0 Å². The number of nitrogens with one attached hydrogen (secondary N) is 1. The van der Waals surface area contributed by atoms with Gasteiger partial charge in [-0.05, 0) is 19.8 Å². The molecule has 2 rings (SSSR count). The fraction of sp³-hybridized carbons (Fsp3) is 1.00. The van der Waals surface area contributed by atoms with Crippen molar-refractivity contribution in [3.05, 3.63) is 0 Å². The van der Waals surface area contributed by atoms with Crippen molar-refractivity contribution >= 4 is 0 Å². The molecule has 1 heterocycles. The van der Waals surface area contributed by atoms with Gasteiger partial charge in [0.15, 0.2) is 0 Å². The smallest absolute Gasteiger partial charge is 0.0685 e. The summed E-state index contributed by atoms with van der Waals surface area (Å²) >= 11 is 0. The van der Waals surface area contributed by atoms with Crippen molar-refractivity contribution in [1.29, 1.82) is 0 Å². The number of rotatable bonds is 7. The summed E-state index contributed by atoms with van der Waals surface area (Å²) in [5, 5.41) is 3.87. The summed E-state index contributed by atoms with van der Waals surface area (Å²) in [5.74, 6) is 0.776. The lowest BCUT2D eigenvalue weighted by atomic mass is 9.57. The molecule has 1 aliphatic heterocycles. The van der Waals surface area contributed by atoms with Gasteiger partial charge in [0, 0.05) is 30.0 Å². The molecule has 2 aliphatic rings. The molecule has 4 unspecified atom stereocenters. The van der Waals surface area contributed by atoms with E-state index >= 15 is 0 Å². The van der Waals surface area contributed by atoms with Crippen molar-refractivity contribution in [3.8, 4) is 0 Å². The van der Waals surface area contributed by atoms with Crippen LogP contribution < -0.4 is 5.32 Å². The number of unbranched alkanes of at least 4 members (excludes halogenated alkanes) is 3. The summed E-state index contributed by atoms with van der Waals surface area (Å²) in [4.78, 5) is 0. The van der Waals surface area contributed by atoms with Gasteiger partial charge in [0.05, 0.1) is 6.10 Å². The zero-order valence-corrected chi connectivity index (χ0v) is 12.7. The number of hydrogen-bond acceptors (Lipinski definition) is 2. The molecule has 18 heavy (non-hydrogen) atoms. The Bertz CT molecular complexity index is 264. The summed E-state index contributed by atoms with van der Waals surface area (Å²) in [6.07, 6.45) is 8.59. The van der Waals surface area contributed by atoms with Gasteiger partial charge in [-0.25, -0.2) is 0 Å². The van der Waals surface area contributed by atoms with Crippen molar-refractivity contribution < 1.29 is 4.74 Å². The molecule has 1 N–H and O–H groups in total. The Hall–Kier alpha value is -0.0800. The van der Waals surface area contributed by atoms with Crippen LogP contribution in [-0.2, 0) is 4.74 Å². The quantitative estimate of drug-likeness (QED) is 0.698. The number of fused-ring (bicyclic) bond motifs is 1. The van der Waals surface area contributed by atoms with Crippen molar-refractivity contribution in [2.75, 3.05) is 6.61 Å². The van der Waals surface area contributed by atoms with E-state index in [2.05, 4.69) is 33.0 Å². The maximum Gasteiger partial charge on any atom is 0.0685 e. The molecule has 2 heteroatoms. The van der Waals surface area contributed by atoms with Gasteiger partial charge in [0.25, 0.3) is 0 Å². The molecule has 106 valence electrons. The molecule has 4 atom stereocenters. The molecule has 0 amide bonds. The zero-order chi connectivity index (χ0) is 13.2. The molecule has 2 nitrogen and oxygen atoms in total. The highest BCUT2D eigenvalue weighted by atomic mass is 16.5. The Balaban J connectivity index is 1.72. The molecular formula is C16H31NO. The van der Waals surface area contributed by atoms with Crippen LogP contribution in [0.5, 0.6) is 0 Å². The van der Waals surface area contributed by atoms with Gasteiger partial charge in [0.1, 0.15) is 0 Å². The lowest BCUT2D eigenvalue weighted by molar-refractivity contribution is -0.115. The second-order valence-corrected chi connectivity index (χ2v) is 6.96. The van der Waals surface area contributed by atoms with Crippen LogP contribution in [-0.4, -0.2) is 24.8 Å². The third kappa shape index (κ3) is 2.75. The molecule has 0 aromatic carbocycles. The van der Waals surface area contributed by atoms with E-state index in [1.54, 1.807) is 0 Å². The second kappa shape index (κ2) is 5.92. The van der Waals surface area contributed by atoms with Crippen LogP contribution in [0.15, 0.2) is 0 Å². The van der Waals surface area contributed by atoms with E-state index in [-0.39, 0.29) is 0 Å². The highest BCUT2D eigenvalue weighted by molar-refractivity contribution is 5.11. The van der Waals surface area contributed by atoms with Gasteiger partial charge < -0.3 is 10.1 Å². The van der Waals surface area contributed by atoms with Gasteiger partial charge in [-0.15, -0.1) is 0 Å². The third-order valence-corrected chi connectivity index (χ3v) is 5.06. The maximum atomic E-state index is 5.85. The van der Waals surface area contributed by atoms with Gasteiger partial charge in [0.2, 0.25) is 0 Å². The van der Waals surface area contributed by atoms with Crippen molar-refractivity contribution in [1.82, 2.24) is 5.32 Å².